The van der Waals surface area contributed by atoms with E-state index >= 15 is 0 Å². The highest BCUT2D eigenvalue weighted by atomic mass is 16.5. The topological polar surface area (TPSA) is 55.0 Å². The molecule has 3 aromatic rings. The maximum atomic E-state index is 12.4. The number of aryl methyl sites for hydroxylation is 2. The smallest absolute Gasteiger partial charge is 0.355 e. The van der Waals surface area contributed by atoms with Gasteiger partial charge in [-0.3, -0.25) is 0 Å². The summed E-state index contributed by atoms with van der Waals surface area (Å²) in [5.74, 6) is -0.422. The minimum atomic E-state index is -0.422. The summed E-state index contributed by atoms with van der Waals surface area (Å²) < 4.78 is 6.82. The second kappa shape index (κ2) is 7.28. The first-order chi connectivity index (χ1) is 12.5. The average Bonchev–Trinajstić information content (AvgIpc) is 2.98. The number of hydrogen-bond acceptors (Lipinski definition) is 3. The number of benzene rings is 2. The number of carbonyl (C=O) groups is 1. The molecule has 26 heavy (non-hydrogen) atoms. The first kappa shape index (κ1) is 17.5. The van der Waals surface area contributed by atoms with Crippen LogP contribution in [-0.4, -0.2) is 17.1 Å². The van der Waals surface area contributed by atoms with E-state index in [1.807, 2.05) is 30.3 Å². The summed E-state index contributed by atoms with van der Waals surface area (Å²) in [6.45, 7) is 4.12. The molecule has 4 nitrogen and oxygen atoms in total. The van der Waals surface area contributed by atoms with Crippen LogP contribution < -0.4 is 0 Å². The lowest BCUT2D eigenvalue weighted by Gasteiger charge is -2.09. The third kappa shape index (κ3) is 3.25. The number of nitriles is 1. The monoisotopic (exact) mass is 344 g/mol. The fraction of sp³-hybridized carbons (Fsp3) is 0.182. The lowest BCUT2D eigenvalue weighted by atomic mass is 9.97. The van der Waals surface area contributed by atoms with Crippen LogP contribution in [0.5, 0.6) is 0 Å². The third-order valence-corrected chi connectivity index (χ3v) is 4.30. The Bertz CT molecular complexity index is 992. The molecular formula is C22H20N2O2. The van der Waals surface area contributed by atoms with Crippen LogP contribution in [0.25, 0.3) is 22.3 Å². The van der Waals surface area contributed by atoms with Crippen LogP contribution >= 0.6 is 0 Å². The quantitative estimate of drug-likeness (QED) is 0.644. The summed E-state index contributed by atoms with van der Waals surface area (Å²) in [5, 5.41) is 9.48. The molecule has 0 saturated carbocycles. The minimum absolute atomic E-state index is 0.289. The molecule has 2 aromatic carbocycles. The molecule has 0 atom stereocenters. The molecule has 1 heterocycles. The summed E-state index contributed by atoms with van der Waals surface area (Å²) in [5.41, 5.74) is 5.71. The van der Waals surface area contributed by atoms with Crippen molar-refractivity contribution >= 4 is 5.97 Å². The number of esters is 1. The lowest BCUT2D eigenvalue weighted by Crippen LogP contribution is -2.10. The van der Waals surface area contributed by atoms with Crippen LogP contribution in [0.15, 0.2) is 54.7 Å². The average molecular weight is 344 g/mol. The highest BCUT2D eigenvalue weighted by molar-refractivity contribution is 5.98. The maximum absolute atomic E-state index is 12.4. The minimum Gasteiger partial charge on any atom is -0.461 e. The van der Waals surface area contributed by atoms with E-state index < -0.39 is 5.97 Å². The molecular weight excluding hydrogens is 324 g/mol. The van der Waals surface area contributed by atoms with Crippen molar-refractivity contribution in [2.45, 2.75) is 13.8 Å². The van der Waals surface area contributed by atoms with Crippen molar-refractivity contribution in [1.82, 2.24) is 4.57 Å². The number of nitrogens with zero attached hydrogens (tertiary/aromatic N) is 2. The molecule has 0 saturated heterocycles. The second-order valence-electron chi connectivity index (χ2n) is 6.16. The van der Waals surface area contributed by atoms with E-state index in [9.17, 15) is 10.1 Å². The number of aromatic nitrogens is 1. The SMILES string of the molecule is CCOC(=O)c1c(-c2ccc(-c3cccc(C)c3)cc2)c(C#N)cn1C. The Hall–Kier alpha value is -3.32. The second-order valence-corrected chi connectivity index (χ2v) is 6.16. The van der Waals surface area contributed by atoms with E-state index in [0.717, 1.165) is 16.7 Å². The van der Waals surface area contributed by atoms with Gasteiger partial charge in [0.25, 0.3) is 0 Å². The molecule has 0 spiro atoms. The van der Waals surface area contributed by atoms with Crippen LogP contribution in [0.2, 0.25) is 0 Å². The van der Waals surface area contributed by atoms with Gasteiger partial charge in [-0.15, -0.1) is 0 Å². The standard InChI is InChI=1S/C22H20N2O2/c1-4-26-22(25)21-20(19(13-23)14-24(21)3)17-10-8-16(9-11-17)18-7-5-6-15(2)12-18/h5-12,14H,4H2,1-3H3. The Balaban J connectivity index is 2.07. The highest BCUT2D eigenvalue weighted by Crippen LogP contribution is 2.31. The van der Waals surface area contributed by atoms with Crippen LogP contribution in [0.3, 0.4) is 0 Å². The summed E-state index contributed by atoms with van der Waals surface area (Å²) in [7, 11) is 1.75. The molecule has 0 aliphatic heterocycles. The van der Waals surface area contributed by atoms with Crippen molar-refractivity contribution < 1.29 is 9.53 Å². The molecule has 4 heteroatoms. The zero-order valence-electron chi connectivity index (χ0n) is 15.1. The maximum Gasteiger partial charge on any atom is 0.355 e. The molecule has 0 aliphatic rings. The summed E-state index contributed by atoms with van der Waals surface area (Å²) in [6.07, 6.45) is 1.66. The molecule has 1 aromatic heterocycles. The van der Waals surface area contributed by atoms with E-state index in [-0.39, 0.29) is 6.61 Å². The predicted molar refractivity (Wildman–Crippen MR) is 102 cm³/mol. The third-order valence-electron chi connectivity index (χ3n) is 4.30. The van der Waals surface area contributed by atoms with Gasteiger partial charge in [0, 0.05) is 18.8 Å². The first-order valence-corrected chi connectivity index (χ1v) is 8.49. The number of ether oxygens (including phenoxy) is 1. The van der Waals surface area contributed by atoms with Gasteiger partial charge in [0.2, 0.25) is 0 Å². The molecule has 0 bridgehead atoms. The molecule has 3 rings (SSSR count). The Morgan fingerprint density at radius 1 is 1.12 bits per heavy atom. The van der Waals surface area contributed by atoms with Gasteiger partial charge in [-0.05, 0) is 30.5 Å². The van der Waals surface area contributed by atoms with E-state index in [1.165, 1.54) is 5.56 Å². The van der Waals surface area contributed by atoms with Gasteiger partial charge in [0.1, 0.15) is 11.8 Å². The van der Waals surface area contributed by atoms with Gasteiger partial charge in [0.15, 0.2) is 0 Å². The largest absolute Gasteiger partial charge is 0.461 e. The molecule has 0 aliphatic carbocycles. The molecule has 130 valence electrons. The Labute approximate surface area is 153 Å². The van der Waals surface area contributed by atoms with Gasteiger partial charge in [-0.2, -0.15) is 5.26 Å². The number of rotatable bonds is 4. The Morgan fingerprint density at radius 3 is 2.42 bits per heavy atom. The Morgan fingerprint density at radius 2 is 1.81 bits per heavy atom. The van der Waals surface area contributed by atoms with Crippen LogP contribution in [-0.2, 0) is 11.8 Å². The van der Waals surface area contributed by atoms with Crippen LogP contribution in [0.1, 0.15) is 28.5 Å². The van der Waals surface area contributed by atoms with Gasteiger partial charge in [-0.25, -0.2) is 4.79 Å². The fourth-order valence-electron chi connectivity index (χ4n) is 3.10. The first-order valence-electron chi connectivity index (χ1n) is 8.49. The fourth-order valence-corrected chi connectivity index (χ4v) is 3.10. The normalized spacial score (nSPS) is 10.4. The molecule has 0 fully saturated rings. The zero-order valence-corrected chi connectivity index (χ0v) is 15.1. The van der Waals surface area contributed by atoms with Gasteiger partial charge in [-0.1, -0.05) is 54.1 Å². The molecule has 0 unspecified atom stereocenters. The van der Waals surface area contributed by atoms with Gasteiger partial charge >= 0.3 is 5.97 Å². The zero-order chi connectivity index (χ0) is 18.7. The van der Waals surface area contributed by atoms with Crippen LogP contribution in [0, 0.1) is 18.3 Å². The van der Waals surface area contributed by atoms with E-state index in [2.05, 4.69) is 31.2 Å². The number of carbonyl (C=O) groups excluding carboxylic acids is 1. The lowest BCUT2D eigenvalue weighted by molar-refractivity contribution is 0.0516. The molecule has 0 N–H and O–H groups in total. The van der Waals surface area contributed by atoms with Gasteiger partial charge in [0.05, 0.1) is 12.2 Å². The van der Waals surface area contributed by atoms with Crippen molar-refractivity contribution in [3.05, 3.63) is 71.5 Å². The van der Waals surface area contributed by atoms with Crippen molar-refractivity contribution in [1.29, 1.82) is 5.26 Å². The summed E-state index contributed by atoms with van der Waals surface area (Å²) in [6, 6.07) is 18.4. The highest BCUT2D eigenvalue weighted by Gasteiger charge is 2.22. The molecule has 0 radical (unpaired) electrons. The van der Waals surface area contributed by atoms with Crippen molar-refractivity contribution in [2.24, 2.45) is 7.05 Å². The summed E-state index contributed by atoms with van der Waals surface area (Å²) >= 11 is 0. The number of hydrogen-bond donors (Lipinski definition) is 0. The van der Waals surface area contributed by atoms with Crippen LogP contribution in [0.4, 0.5) is 0 Å². The predicted octanol–water partition coefficient (Wildman–Crippen LogP) is 4.72. The van der Waals surface area contributed by atoms with Crippen molar-refractivity contribution in [3.8, 4) is 28.3 Å². The Kier molecular flexibility index (Phi) is 4.90. The van der Waals surface area contributed by atoms with Crippen molar-refractivity contribution in [2.75, 3.05) is 6.61 Å². The van der Waals surface area contributed by atoms with Crippen molar-refractivity contribution in [3.63, 3.8) is 0 Å². The van der Waals surface area contributed by atoms with E-state index in [0.29, 0.717) is 16.8 Å². The van der Waals surface area contributed by atoms with Gasteiger partial charge < -0.3 is 9.30 Å². The molecule has 0 amide bonds. The summed E-state index contributed by atoms with van der Waals surface area (Å²) in [4.78, 5) is 12.4. The van der Waals surface area contributed by atoms with E-state index in [1.54, 1.807) is 24.7 Å². The van der Waals surface area contributed by atoms with E-state index in [4.69, 9.17) is 4.74 Å².